The second-order valence-corrected chi connectivity index (χ2v) is 4.48. The van der Waals surface area contributed by atoms with Crippen LogP contribution in [0, 0.1) is 0 Å². The monoisotopic (exact) mass is 200 g/mol. The molecule has 2 nitrogen and oxygen atoms in total. The summed E-state index contributed by atoms with van der Waals surface area (Å²) in [6.07, 6.45) is 9.40. The summed E-state index contributed by atoms with van der Waals surface area (Å²) in [5.74, 6) is 0. The van der Waals surface area contributed by atoms with Crippen LogP contribution in [0.2, 0.25) is 0 Å². The van der Waals surface area contributed by atoms with Gasteiger partial charge >= 0.3 is 0 Å². The van der Waals surface area contributed by atoms with Crippen molar-refractivity contribution in [3.05, 3.63) is 0 Å². The summed E-state index contributed by atoms with van der Waals surface area (Å²) in [5.41, 5.74) is 5.90. The van der Waals surface area contributed by atoms with Gasteiger partial charge in [0.15, 0.2) is 0 Å². The molecule has 0 bridgehead atoms. The van der Waals surface area contributed by atoms with Gasteiger partial charge in [0.25, 0.3) is 0 Å². The lowest BCUT2D eigenvalue weighted by atomic mass is 10.1. The molecule has 0 aromatic heterocycles. The van der Waals surface area contributed by atoms with Crippen LogP contribution in [-0.2, 0) is 0 Å². The summed E-state index contributed by atoms with van der Waals surface area (Å²) < 4.78 is 0. The average molecular weight is 200 g/mol. The first kappa shape index (κ1) is 13.9. The number of nitrogens with two attached hydrogens (primary N) is 1. The zero-order valence-corrected chi connectivity index (χ0v) is 10.2. The number of unbranched alkanes of at least 4 members (excludes halogenated alkanes) is 5. The molecule has 0 amide bonds. The van der Waals surface area contributed by atoms with Crippen molar-refractivity contribution < 1.29 is 0 Å². The normalized spacial score (nSPS) is 13.5. The van der Waals surface area contributed by atoms with E-state index in [4.69, 9.17) is 5.73 Å². The number of hydrogen-bond donors (Lipinski definition) is 2. The summed E-state index contributed by atoms with van der Waals surface area (Å²) in [7, 11) is 0. The van der Waals surface area contributed by atoms with Gasteiger partial charge in [0.2, 0.25) is 0 Å². The molecule has 0 heterocycles. The Morgan fingerprint density at radius 3 is 2.14 bits per heavy atom. The van der Waals surface area contributed by atoms with Crippen LogP contribution in [0.1, 0.15) is 65.7 Å². The van der Waals surface area contributed by atoms with Gasteiger partial charge in [-0.1, -0.05) is 45.4 Å². The Balaban J connectivity index is 3.10. The molecule has 86 valence electrons. The maximum absolute atomic E-state index is 5.90. The van der Waals surface area contributed by atoms with Crippen molar-refractivity contribution >= 4 is 0 Å². The Bertz CT molecular complexity index is 113. The van der Waals surface area contributed by atoms with Crippen LogP contribution in [0.5, 0.6) is 0 Å². The molecule has 0 aliphatic carbocycles. The minimum absolute atomic E-state index is 0.196. The van der Waals surface area contributed by atoms with Crippen molar-refractivity contribution in [2.24, 2.45) is 5.73 Å². The van der Waals surface area contributed by atoms with E-state index >= 15 is 0 Å². The van der Waals surface area contributed by atoms with Crippen molar-refractivity contribution in [3.63, 3.8) is 0 Å². The molecule has 2 heteroatoms. The van der Waals surface area contributed by atoms with E-state index in [-0.39, 0.29) is 6.17 Å². The van der Waals surface area contributed by atoms with E-state index in [0.717, 1.165) is 6.42 Å². The predicted molar refractivity (Wildman–Crippen MR) is 64.2 cm³/mol. The van der Waals surface area contributed by atoms with Gasteiger partial charge in [0, 0.05) is 6.04 Å². The molecular weight excluding hydrogens is 172 g/mol. The fourth-order valence-electron chi connectivity index (χ4n) is 1.66. The lowest BCUT2D eigenvalue weighted by Crippen LogP contribution is -2.41. The summed E-state index contributed by atoms with van der Waals surface area (Å²) in [4.78, 5) is 0. The van der Waals surface area contributed by atoms with Gasteiger partial charge in [-0.25, -0.2) is 0 Å². The first-order valence-electron chi connectivity index (χ1n) is 6.18. The molecule has 0 fully saturated rings. The first-order chi connectivity index (χ1) is 6.66. The lowest BCUT2D eigenvalue weighted by molar-refractivity contribution is 0.429. The minimum atomic E-state index is 0.196. The molecular formula is C12H28N2. The van der Waals surface area contributed by atoms with Crippen LogP contribution >= 0.6 is 0 Å². The second kappa shape index (κ2) is 9.47. The Labute approximate surface area is 89.6 Å². The van der Waals surface area contributed by atoms with Crippen molar-refractivity contribution in [1.82, 2.24) is 5.32 Å². The van der Waals surface area contributed by atoms with E-state index in [1.54, 1.807) is 0 Å². The molecule has 0 aliphatic heterocycles. The van der Waals surface area contributed by atoms with Crippen LogP contribution in [-0.4, -0.2) is 12.2 Å². The van der Waals surface area contributed by atoms with Crippen molar-refractivity contribution in [3.8, 4) is 0 Å². The molecule has 0 rings (SSSR count). The molecule has 0 radical (unpaired) electrons. The molecule has 3 N–H and O–H groups in total. The number of hydrogen-bond acceptors (Lipinski definition) is 2. The molecule has 0 aliphatic rings. The largest absolute Gasteiger partial charge is 0.316 e. The van der Waals surface area contributed by atoms with Crippen molar-refractivity contribution in [2.75, 3.05) is 0 Å². The van der Waals surface area contributed by atoms with Crippen LogP contribution in [0.15, 0.2) is 0 Å². The highest BCUT2D eigenvalue weighted by molar-refractivity contribution is 4.62. The highest BCUT2D eigenvalue weighted by atomic mass is 15.0. The van der Waals surface area contributed by atoms with Gasteiger partial charge in [-0.15, -0.1) is 0 Å². The van der Waals surface area contributed by atoms with Crippen LogP contribution in [0.4, 0.5) is 0 Å². The quantitative estimate of drug-likeness (QED) is 0.443. The molecule has 0 saturated heterocycles. The van der Waals surface area contributed by atoms with Crippen LogP contribution < -0.4 is 11.1 Å². The molecule has 0 aromatic carbocycles. The first-order valence-corrected chi connectivity index (χ1v) is 6.18. The van der Waals surface area contributed by atoms with Gasteiger partial charge in [0.05, 0.1) is 6.17 Å². The van der Waals surface area contributed by atoms with Crippen LogP contribution in [0.25, 0.3) is 0 Å². The molecule has 0 spiro atoms. The van der Waals surface area contributed by atoms with E-state index in [0.29, 0.717) is 6.04 Å². The molecule has 14 heavy (non-hydrogen) atoms. The lowest BCUT2D eigenvalue weighted by Gasteiger charge is -2.16. The summed E-state index contributed by atoms with van der Waals surface area (Å²) >= 11 is 0. The highest BCUT2D eigenvalue weighted by Crippen LogP contribution is 2.07. The van der Waals surface area contributed by atoms with E-state index in [9.17, 15) is 0 Å². The third-order valence-electron chi connectivity index (χ3n) is 2.42. The number of rotatable bonds is 9. The topological polar surface area (TPSA) is 38.0 Å². The summed E-state index contributed by atoms with van der Waals surface area (Å²) in [6.45, 7) is 6.53. The maximum atomic E-state index is 5.90. The smallest absolute Gasteiger partial charge is 0.0548 e. The third-order valence-corrected chi connectivity index (χ3v) is 2.42. The van der Waals surface area contributed by atoms with Crippen molar-refractivity contribution in [1.29, 1.82) is 0 Å². The Morgan fingerprint density at radius 1 is 1.00 bits per heavy atom. The van der Waals surface area contributed by atoms with E-state index < -0.39 is 0 Å². The van der Waals surface area contributed by atoms with Gasteiger partial charge in [-0.3, -0.25) is 5.32 Å². The molecule has 0 saturated carbocycles. The summed E-state index contributed by atoms with van der Waals surface area (Å²) in [5, 5.41) is 3.32. The highest BCUT2D eigenvalue weighted by Gasteiger charge is 2.02. The minimum Gasteiger partial charge on any atom is -0.316 e. The molecule has 1 atom stereocenters. The summed E-state index contributed by atoms with van der Waals surface area (Å²) in [6, 6.07) is 0.505. The number of nitrogens with one attached hydrogen (secondary N) is 1. The molecule has 0 aromatic rings. The standard InChI is InChI=1S/C12H28N2/c1-4-5-6-7-8-9-10-12(13)14-11(2)3/h11-12,14H,4-10,13H2,1-3H3. The SMILES string of the molecule is CCCCCCCCC(N)NC(C)C. The maximum Gasteiger partial charge on any atom is 0.0548 e. The zero-order valence-electron chi connectivity index (χ0n) is 10.2. The third kappa shape index (κ3) is 10.0. The Morgan fingerprint density at radius 2 is 1.57 bits per heavy atom. The van der Waals surface area contributed by atoms with Gasteiger partial charge in [0.1, 0.15) is 0 Å². The van der Waals surface area contributed by atoms with E-state index in [2.05, 4.69) is 26.1 Å². The second-order valence-electron chi connectivity index (χ2n) is 4.48. The van der Waals surface area contributed by atoms with Gasteiger partial charge in [-0.05, 0) is 20.3 Å². The Kier molecular flexibility index (Phi) is 9.42. The molecule has 1 unspecified atom stereocenters. The fourth-order valence-corrected chi connectivity index (χ4v) is 1.66. The fraction of sp³-hybridized carbons (Fsp3) is 1.00. The Hall–Kier alpha value is -0.0800. The average Bonchev–Trinajstić information content (AvgIpc) is 2.10. The van der Waals surface area contributed by atoms with Gasteiger partial charge in [-0.2, -0.15) is 0 Å². The predicted octanol–water partition coefficient (Wildman–Crippen LogP) is 3.02. The van der Waals surface area contributed by atoms with E-state index in [1.165, 1.54) is 38.5 Å². The zero-order chi connectivity index (χ0) is 10.8. The van der Waals surface area contributed by atoms with Crippen molar-refractivity contribution in [2.45, 2.75) is 77.9 Å². The van der Waals surface area contributed by atoms with Crippen LogP contribution in [0.3, 0.4) is 0 Å². The van der Waals surface area contributed by atoms with E-state index in [1.807, 2.05) is 0 Å². The van der Waals surface area contributed by atoms with Gasteiger partial charge < -0.3 is 5.73 Å².